The molecule has 0 fully saturated rings. The summed E-state index contributed by atoms with van der Waals surface area (Å²) >= 11 is 0. The highest BCUT2D eigenvalue weighted by Gasteiger charge is 2.29. The van der Waals surface area contributed by atoms with Gasteiger partial charge in [-0.1, -0.05) is 84.9 Å². The zero-order chi connectivity index (χ0) is 103. The van der Waals surface area contributed by atoms with Crippen molar-refractivity contribution >= 4 is 166 Å². The lowest BCUT2D eigenvalue weighted by molar-refractivity contribution is -0.146. The molecule has 0 spiro atoms. The SMILES string of the molecule is CCNC(=O)Nc1cc(Nc2cc(F)cc(F)c2)c(C(=O)Nc2ccc(CC3=NN=NC3)cc2)cn1.CCNC(=O)Nc1cc(Nc2ccc(OC)cc2)c(C(=O)Nc2ccc(CC(C)(C)C(=O)O)cc2)cn1.CCNC(=O)Nc1cc(Nc2ccccc2)c(C(=O)Nc2ccc(CP(=O)(O)O)cc2)cn1.CCNC(=O)Nc1cc(Nc2ccccc2)c(C(=O)Nc2ccc(CP(=O)(OCC)OCC)cc2)cn1. The largest absolute Gasteiger partial charge is 0.497 e. The summed E-state index contributed by atoms with van der Waals surface area (Å²) in [6.07, 6.45) is 6.11. The van der Waals surface area contributed by atoms with Gasteiger partial charge < -0.3 is 92.5 Å². The number of pyridine rings is 4. The molecule has 40 nitrogen and oxygen atoms in total. The number of carboxylic acid groups (broad SMARTS) is 1. The molecule has 0 saturated heterocycles. The Kier molecular flexibility index (Phi) is 40.4. The first-order valence-electron chi connectivity index (χ1n) is 44.8. The molecule has 0 saturated carbocycles. The second-order valence-corrected chi connectivity index (χ2v) is 35.3. The molecular formula is C99H109F2N23O17P2. The predicted octanol–water partition coefficient (Wildman–Crippen LogP) is 19.6. The molecule has 746 valence electrons. The van der Waals surface area contributed by atoms with Gasteiger partial charge in [-0.25, -0.2) is 47.9 Å². The number of nitrogens with zero attached hydrogens (tertiary/aromatic N) is 7. The van der Waals surface area contributed by atoms with E-state index >= 15 is 0 Å². The topological polar surface area (TPSA) is 557 Å². The summed E-state index contributed by atoms with van der Waals surface area (Å²) in [4.78, 5) is 146. The second kappa shape index (κ2) is 53.4. The number of carbonyl (C=O) groups excluding carboxylic acids is 8. The molecule has 1 aliphatic heterocycles. The molecular weight excluding hydrogens is 1880 g/mol. The lowest BCUT2D eigenvalue weighted by Gasteiger charge is -2.19. The van der Waals surface area contributed by atoms with Crippen LogP contribution in [0.1, 0.15) is 119 Å². The average Bonchev–Trinajstić information content (AvgIpc) is 0.955. The van der Waals surface area contributed by atoms with Crippen molar-refractivity contribution in [1.29, 1.82) is 0 Å². The van der Waals surface area contributed by atoms with Crippen molar-refractivity contribution in [1.82, 2.24) is 41.2 Å². The number of carboxylic acids is 1. The van der Waals surface area contributed by atoms with Gasteiger partial charge in [0.05, 0.1) is 88.8 Å². The number of amides is 12. The van der Waals surface area contributed by atoms with E-state index in [1.165, 1.54) is 43.0 Å². The minimum absolute atomic E-state index is 0.0781. The number of aromatic nitrogens is 4. The van der Waals surface area contributed by atoms with E-state index in [1.54, 1.807) is 171 Å². The van der Waals surface area contributed by atoms with Gasteiger partial charge in [0.1, 0.15) is 47.2 Å². The summed E-state index contributed by atoms with van der Waals surface area (Å²) in [5, 5.41) is 65.2. The number of anilines is 16. The number of para-hydroxylation sites is 2. The zero-order valence-electron chi connectivity index (χ0n) is 79.3. The van der Waals surface area contributed by atoms with Crippen molar-refractivity contribution in [2.75, 3.05) is 117 Å². The Bertz CT molecular complexity index is 6550. The fourth-order valence-corrected chi connectivity index (χ4v) is 15.6. The molecule has 12 amide bonds. The van der Waals surface area contributed by atoms with Gasteiger partial charge >= 0.3 is 45.3 Å². The third-order valence-corrected chi connectivity index (χ3v) is 22.8. The average molecular weight is 1990 g/mol. The van der Waals surface area contributed by atoms with Crippen molar-refractivity contribution in [3.8, 4) is 5.75 Å². The molecule has 0 bridgehead atoms. The van der Waals surface area contributed by atoms with Gasteiger partial charge in [-0.05, 0) is 198 Å². The van der Waals surface area contributed by atoms with Crippen LogP contribution in [0.2, 0.25) is 0 Å². The summed E-state index contributed by atoms with van der Waals surface area (Å²) in [5.74, 6) is -2.58. The van der Waals surface area contributed by atoms with Crippen LogP contribution in [0.3, 0.4) is 0 Å². The van der Waals surface area contributed by atoms with E-state index in [9.17, 15) is 66.2 Å². The quantitative estimate of drug-likeness (QED) is 0.0160. The molecule has 12 aromatic rings. The molecule has 143 heavy (non-hydrogen) atoms. The number of halogens is 2. The molecule has 8 aromatic carbocycles. The van der Waals surface area contributed by atoms with Gasteiger partial charge in [0.2, 0.25) is 0 Å². The van der Waals surface area contributed by atoms with E-state index < -0.39 is 86.0 Å². The van der Waals surface area contributed by atoms with Crippen LogP contribution in [-0.4, -0.2) is 147 Å². The van der Waals surface area contributed by atoms with E-state index in [1.807, 2.05) is 79.7 Å². The van der Waals surface area contributed by atoms with Crippen LogP contribution in [0.5, 0.6) is 5.75 Å². The lowest BCUT2D eigenvalue weighted by atomic mass is 9.86. The van der Waals surface area contributed by atoms with Crippen molar-refractivity contribution < 1.29 is 89.7 Å². The Labute approximate surface area is 822 Å². The number of rotatable bonds is 38. The third-order valence-electron chi connectivity index (χ3n) is 19.9. The number of methoxy groups -OCH3 is 1. The molecule has 0 unspecified atom stereocenters. The monoisotopic (exact) mass is 1990 g/mol. The first kappa shape index (κ1) is 108. The minimum Gasteiger partial charge on any atom is -0.497 e. The molecule has 1 aliphatic rings. The molecule has 13 rings (SSSR count). The number of nitrogens with one attached hydrogen (secondary N) is 16. The van der Waals surface area contributed by atoms with E-state index in [0.29, 0.717) is 108 Å². The van der Waals surface area contributed by atoms with E-state index in [0.717, 1.165) is 52.0 Å². The molecule has 4 aromatic heterocycles. The maximum absolute atomic E-state index is 13.7. The Hall–Kier alpha value is -16.8. The number of benzene rings is 8. The molecule has 5 heterocycles. The number of hydrogen-bond donors (Lipinski definition) is 19. The Morgan fingerprint density at radius 3 is 1.01 bits per heavy atom. The Morgan fingerprint density at radius 1 is 0.385 bits per heavy atom. The normalized spacial score (nSPS) is 11.2. The third kappa shape index (κ3) is 35.6. The van der Waals surface area contributed by atoms with Crippen LogP contribution in [0.25, 0.3) is 0 Å². The standard InChI is InChI=1S/C27H31N5O5.C26H32N5O5P.C24H22F2N8O2.C22H24N5O5P/c1-5-28-26(36)32-23-14-22(30-18-10-12-20(37-4)13-11-18)21(16-29-23)24(33)31-19-8-6-17(7-9-19)15-27(2,3)25(34)35;1-4-27-26(33)31-24-16-23(29-20-10-8-7-9-11-20)22(17-28-24)25(32)30-21-14-12-19(13-15-21)18-37(34,35-5-2)36-6-3;1-2-27-24(36)32-22-11-21(30-18-9-15(25)8-16(26)10-18)20(13-28-22)23(35)31-17-5-3-14(4-6-17)7-19-12-29-34-33-19;1-2-23-22(29)27-20-12-19(25-16-6-4-3-5-7-16)18(13-24-20)21(28)26-17-10-8-15(9-11-17)14-33(30,31)32/h6-14,16H,5,15H2,1-4H3,(H,31,33)(H,34,35)(H3,28,29,30,32,36);7-17H,4-6,18H2,1-3H3,(H,30,32)(H3,27,28,29,31,33);3-6,8-11,13H,2,7,12H2,1H3,(H,31,35)(H3,27,28,30,32,36);3-13H,2,14H2,1H3,(H,26,28)(H2,30,31,32)(H3,23,24,25,27,29). The fourth-order valence-electron chi connectivity index (χ4n) is 13.2. The van der Waals surface area contributed by atoms with E-state index in [-0.39, 0.29) is 76.6 Å². The summed E-state index contributed by atoms with van der Waals surface area (Å²) in [6, 6.07) is 60.4. The van der Waals surface area contributed by atoms with Gasteiger partial charge in [0, 0.05) is 133 Å². The maximum atomic E-state index is 13.7. The van der Waals surface area contributed by atoms with Crippen molar-refractivity contribution in [3.05, 3.63) is 305 Å². The van der Waals surface area contributed by atoms with Crippen LogP contribution in [-0.2, 0) is 48.1 Å². The summed E-state index contributed by atoms with van der Waals surface area (Å²) in [5.41, 5.74) is 9.73. The van der Waals surface area contributed by atoms with Crippen LogP contribution in [0.15, 0.2) is 265 Å². The molecule has 0 aliphatic carbocycles. The van der Waals surface area contributed by atoms with Gasteiger partial charge in [-0.15, -0.1) is 5.10 Å². The second-order valence-electron chi connectivity index (χ2n) is 31.6. The highest BCUT2D eigenvalue weighted by molar-refractivity contribution is 7.53. The highest BCUT2D eigenvalue weighted by Crippen LogP contribution is 2.51. The van der Waals surface area contributed by atoms with Crippen LogP contribution < -0.4 is 89.8 Å². The Morgan fingerprint density at radius 2 is 0.699 bits per heavy atom. The summed E-state index contributed by atoms with van der Waals surface area (Å²) in [7, 11) is -5.83. The number of hydrogen-bond acceptors (Lipinski definition) is 25. The first-order chi connectivity index (χ1) is 68.6. The van der Waals surface area contributed by atoms with Crippen molar-refractivity contribution in [3.63, 3.8) is 0 Å². The molecule has 0 atom stereocenters. The Balaban J connectivity index is 0.000000196. The maximum Gasteiger partial charge on any atom is 0.335 e. The number of aliphatic carboxylic acids is 1. The fraction of sp³-hybridized carbons (Fsp3) is 0.212. The van der Waals surface area contributed by atoms with E-state index in [2.05, 4.69) is 120 Å². The molecule has 44 heteroatoms. The number of urea groups is 4. The number of ether oxygens (including phenoxy) is 1. The van der Waals surface area contributed by atoms with Gasteiger partial charge in [-0.2, -0.15) is 5.11 Å². The molecule has 0 radical (unpaired) electrons. The van der Waals surface area contributed by atoms with Crippen LogP contribution in [0, 0.1) is 17.0 Å². The number of carbonyl (C=O) groups is 9. The van der Waals surface area contributed by atoms with Crippen LogP contribution >= 0.6 is 15.2 Å². The first-order valence-corrected chi connectivity index (χ1v) is 48.3. The van der Waals surface area contributed by atoms with Gasteiger partial charge in [0.15, 0.2) is 0 Å². The van der Waals surface area contributed by atoms with Gasteiger partial charge in [0.25, 0.3) is 23.6 Å². The van der Waals surface area contributed by atoms with Gasteiger partial charge in [-0.3, -0.25) is 54.4 Å². The minimum atomic E-state index is -4.18. The van der Waals surface area contributed by atoms with E-state index in [4.69, 9.17) is 23.6 Å². The van der Waals surface area contributed by atoms with Crippen molar-refractivity contribution in [2.45, 2.75) is 80.6 Å². The van der Waals surface area contributed by atoms with Crippen molar-refractivity contribution in [2.24, 2.45) is 20.9 Å². The molecule has 19 N–H and O–H groups in total. The smallest absolute Gasteiger partial charge is 0.335 e. The highest BCUT2D eigenvalue weighted by atomic mass is 31.2. The predicted molar refractivity (Wildman–Crippen MR) is 547 cm³/mol. The summed E-state index contributed by atoms with van der Waals surface area (Å²) in [6.45, 7) is 16.9. The van der Waals surface area contributed by atoms with Crippen LogP contribution in [0.4, 0.5) is 119 Å². The summed E-state index contributed by atoms with van der Waals surface area (Å²) < 4.78 is 67.3. The lowest BCUT2D eigenvalue weighted by Crippen LogP contribution is -2.28. The zero-order valence-corrected chi connectivity index (χ0v) is 81.1.